The zero-order valence-corrected chi connectivity index (χ0v) is 36.1. The summed E-state index contributed by atoms with van der Waals surface area (Å²) in [5, 5.41) is 5.83. The van der Waals surface area contributed by atoms with Gasteiger partial charge >= 0.3 is 0 Å². The van der Waals surface area contributed by atoms with E-state index in [4.69, 9.17) is 14.2 Å². The molecule has 9 rings (SSSR count). The quantitative estimate of drug-likeness (QED) is 0.118. The van der Waals surface area contributed by atoms with Crippen LogP contribution in [0.3, 0.4) is 0 Å². The fourth-order valence-electron chi connectivity index (χ4n) is 7.08. The molecule has 9 aromatic rings. The Morgan fingerprint density at radius 2 is 0.688 bits per heavy atom. The third kappa shape index (κ3) is 8.65. The first-order chi connectivity index (χ1) is 30.9. The summed E-state index contributed by atoms with van der Waals surface area (Å²) in [5.74, 6) is 3.18. The van der Waals surface area contributed by atoms with Crippen molar-refractivity contribution >= 4 is 30.4 Å². The molecule has 1 aromatic heterocycles. The molecular weight excluding hydrogens is 845 g/mol. The fraction of sp³-hybridized carbons (Fsp3) is 0.0385. The summed E-state index contributed by atoms with van der Waals surface area (Å²) < 4.78 is 72.5. The van der Waals surface area contributed by atoms with Gasteiger partial charge in [0.25, 0.3) is 5.56 Å². The Labute approximate surface area is 370 Å². The van der Waals surface area contributed by atoms with E-state index < -0.39 is 19.7 Å². The number of rotatable bonds is 12. The summed E-state index contributed by atoms with van der Waals surface area (Å²) in [6, 6.07) is 55.3. The molecular formula is C52H38N2O8S2. The second-order valence-electron chi connectivity index (χ2n) is 14.9. The Morgan fingerprint density at radius 1 is 0.391 bits per heavy atom. The lowest BCUT2D eigenvalue weighted by Crippen LogP contribution is -2.20. The molecule has 1 heterocycles. The summed E-state index contributed by atoms with van der Waals surface area (Å²) in [6.45, 7) is 1.91. The van der Waals surface area contributed by atoms with Gasteiger partial charge in [0.05, 0.1) is 30.7 Å². The average Bonchev–Trinajstić information content (AvgIpc) is 3.32. The van der Waals surface area contributed by atoms with Gasteiger partial charge in [0.15, 0.2) is 0 Å². The van der Waals surface area contributed by atoms with Crippen LogP contribution in [0.25, 0.3) is 33.2 Å². The molecule has 0 bridgehead atoms. The number of hydrogen-bond donors (Lipinski definition) is 0. The van der Waals surface area contributed by atoms with Crippen LogP contribution in [-0.4, -0.2) is 26.6 Å². The van der Waals surface area contributed by atoms with Crippen LogP contribution in [0.4, 0.5) is 0 Å². The molecule has 8 aromatic carbocycles. The van der Waals surface area contributed by atoms with Crippen molar-refractivity contribution in [2.45, 2.75) is 26.5 Å². The monoisotopic (exact) mass is 882 g/mol. The second kappa shape index (κ2) is 17.2. The minimum Gasteiger partial charge on any atom is -0.457 e. The van der Waals surface area contributed by atoms with Gasteiger partial charge in [-0.1, -0.05) is 60.2 Å². The molecule has 0 aliphatic rings. The Kier molecular flexibility index (Phi) is 11.1. The van der Waals surface area contributed by atoms with Crippen molar-refractivity contribution in [2.75, 3.05) is 0 Å². The molecule has 64 heavy (non-hydrogen) atoms. The van der Waals surface area contributed by atoms with Crippen LogP contribution in [0.2, 0.25) is 0 Å². The highest BCUT2D eigenvalue weighted by Crippen LogP contribution is 2.33. The lowest BCUT2D eigenvalue weighted by atomic mass is 10.1. The summed E-state index contributed by atoms with van der Waals surface area (Å²) in [6.07, 6.45) is 0. The Balaban J connectivity index is 0.792. The van der Waals surface area contributed by atoms with E-state index in [9.17, 15) is 21.6 Å². The smallest absolute Gasteiger partial charge is 0.274 e. The van der Waals surface area contributed by atoms with E-state index in [1.54, 1.807) is 85.9 Å². The van der Waals surface area contributed by atoms with E-state index in [-0.39, 0.29) is 25.1 Å². The standard InChI is InChI=1S/C52H38N2O8S2/c1-35-7-27-45(28-8-35)63(56,57)46-29-21-42(22-30-46)60-39-15-9-36(10-16-39)37-11-17-40(18-12-37)61-43-23-31-47(32-24-43)64(58,59)48-33-25-44(26-34-48)62-41-19-13-38(14-20-41)51-49-5-3-4-6-50(49)52(55)54(2)53-51/h3-34H,1-2H3. The molecule has 10 nitrogen and oxygen atoms in total. The minimum absolute atomic E-state index is 0.118. The van der Waals surface area contributed by atoms with Crippen LogP contribution >= 0.6 is 0 Å². The molecule has 0 aliphatic heterocycles. The summed E-state index contributed by atoms with van der Waals surface area (Å²) in [7, 11) is -5.83. The third-order valence-corrected chi connectivity index (χ3v) is 14.1. The first-order valence-electron chi connectivity index (χ1n) is 20.1. The molecule has 0 spiro atoms. The largest absolute Gasteiger partial charge is 0.457 e. The van der Waals surface area contributed by atoms with Crippen LogP contribution in [0.15, 0.2) is 219 Å². The molecule has 0 saturated carbocycles. The number of nitrogens with zero attached hydrogens (tertiary/aromatic N) is 2. The lowest BCUT2D eigenvalue weighted by molar-refractivity contribution is 0.481. The highest BCUT2D eigenvalue weighted by molar-refractivity contribution is 7.91. The number of fused-ring (bicyclic) bond motifs is 1. The summed E-state index contributed by atoms with van der Waals surface area (Å²) in [4.78, 5) is 13.2. The van der Waals surface area contributed by atoms with E-state index in [2.05, 4.69) is 5.10 Å². The average molecular weight is 883 g/mol. The van der Waals surface area contributed by atoms with Gasteiger partial charge in [0.2, 0.25) is 19.7 Å². The van der Waals surface area contributed by atoms with Crippen molar-refractivity contribution in [1.82, 2.24) is 9.78 Å². The van der Waals surface area contributed by atoms with E-state index in [0.29, 0.717) is 45.6 Å². The van der Waals surface area contributed by atoms with Gasteiger partial charge in [-0.25, -0.2) is 21.5 Å². The van der Waals surface area contributed by atoms with E-state index >= 15 is 0 Å². The Morgan fingerprint density at radius 3 is 1.05 bits per heavy atom. The van der Waals surface area contributed by atoms with Crippen molar-refractivity contribution < 1.29 is 31.0 Å². The molecule has 0 radical (unpaired) electrons. The van der Waals surface area contributed by atoms with Crippen LogP contribution in [0.1, 0.15) is 5.56 Å². The maximum atomic E-state index is 13.5. The van der Waals surface area contributed by atoms with E-state index in [0.717, 1.165) is 27.6 Å². The molecule has 0 amide bonds. The molecule has 316 valence electrons. The lowest BCUT2D eigenvalue weighted by Gasteiger charge is -2.11. The highest BCUT2D eigenvalue weighted by Gasteiger charge is 2.19. The molecule has 0 unspecified atom stereocenters. The number of aryl methyl sites for hydroxylation is 2. The zero-order chi connectivity index (χ0) is 44.4. The van der Waals surface area contributed by atoms with E-state index in [1.165, 1.54) is 41.1 Å². The van der Waals surface area contributed by atoms with Crippen molar-refractivity contribution in [2.24, 2.45) is 7.05 Å². The Bertz CT molecular complexity index is 3410. The van der Waals surface area contributed by atoms with Gasteiger partial charge in [-0.15, -0.1) is 0 Å². The molecule has 0 N–H and O–H groups in total. The van der Waals surface area contributed by atoms with Crippen LogP contribution < -0.4 is 19.8 Å². The second-order valence-corrected chi connectivity index (χ2v) is 18.8. The van der Waals surface area contributed by atoms with Gasteiger partial charge in [0, 0.05) is 18.0 Å². The van der Waals surface area contributed by atoms with Crippen molar-refractivity contribution in [3.05, 3.63) is 210 Å². The summed E-state index contributed by atoms with van der Waals surface area (Å²) in [5.41, 5.74) is 4.22. The van der Waals surface area contributed by atoms with Crippen LogP contribution in [0, 0.1) is 6.92 Å². The number of aromatic nitrogens is 2. The topological polar surface area (TPSA) is 131 Å². The molecule has 12 heteroatoms. The van der Waals surface area contributed by atoms with Crippen molar-refractivity contribution in [1.29, 1.82) is 0 Å². The molecule has 0 aliphatic carbocycles. The first-order valence-corrected chi connectivity index (χ1v) is 23.0. The number of hydrogen-bond acceptors (Lipinski definition) is 9. The van der Waals surface area contributed by atoms with Gasteiger partial charge in [-0.05, 0) is 158 Å². The molecule has 0 saturated heterocycles. The van der Waals surface area contributed by atoms with Gasteiger partial charge in [-0.3, -0.25) is 4.79 Å². The van der Waals surface area contributed by atoms with Crippen molar-refractivity contribution in [3.8, 4) is 56.9 Å². The van der Waals surface area contributed by atoms with Gasteiger partial charge in [0.1, 0.15) is 34.5 Å². The zero-order valence-electron chi connectivity index (χ0n) is 34.5. The van der Waals surface area contributed by atoms with Crippen molar-refractivity contribution in [3.63, 3.8) is 0 Å². The van der Waals surface area contributed by atoms with E-state index in [1.807, 2.05) is 85.8 Å². The summed E-state index contributed by atoms with van der Waals surface area (Å²) >= 11 is 0. The predicted molar refractivity (Wildman–Crippen MR) is 246 cm³/mol. The number of sulfone groups is 2. The maximum absolute atomic E-state index is 13.5. The third-order valence-electron chi connectivity index (χ3n) is 10.6. The number of ether oxygens (including phenoxy) is 3. The number of benzene rings is 8. The minimum atomic E-state index is -3.83. The SMILES string of the molecule is Cc1ccc(S(=O)(=O)c2ccc(Oc3ccc(-c4ccc(Oc5ccc(S(=O)(=O)c6ccc(Oc7ccc(-c8nn(C)c(=O)c9ccccc89)cc7)cc6)cc5)cc4)cc3)cc2)cc1. The molecule has 0 atom stereocenters. The first kappa shape index (κ1) is 41.5. The Hall–Kier alpha value is -7.80. The van der Waals surface area contributed by atoms with Crippen LogP contribution in [-0.2, 0) is 26.7 Å². The highest BCUT2D eigenvalue weighted by atomic mass is 32.2. The van der Waals surface area contributed by atoms with Gasteiger partial charge in [-0.2, -0.15) is 5.10 Å². The van der Waals surface area contributed by atoms with Gasteiger partial charge < -0.3 is 14.2 Å². The van der Waals surface area contributed by atoms with Crippen LogP contribution in [0.5, 0.6) is 34.5 Å². The molecule has 0 fully saturated rings. The maximum Gasteiger partial charge on any atom is 0.274 e. The predicted octanol–water partition coefficient (Wildman–Crippen LogP) is 11.6. The fourth-order valence-corrected chi connectivity index (χ4v) is 9.60. The normalized spacial score (nSPS) is 11.6.